The number of ether oxygens (including phenoxy) is 1. The molecule has 2 aromatic heterocycles. The lowest BCUT2D eigenvalue weighted by Gasteiger charge is -2.03. The molecule has 0 aliphatic heterocycles. The van der Waals surface area contributed by atoms with E-state index in [4.69, 9.17) is 4.74 Å². The summed E-state index contributed by atoms with van der Waals surface area (Å²) in [5.74, 6) is -0.635. The fraction of sp³-hybridized carbons (Fsp3) is 0.278. The fourth-order valence-corrected chi connectivity index (χ4v) is 3.18. The molecule has 0 radical (unpaired) electrons. The van der Waals surface area contributed by atoms with Crippen LogP contribution in [0.1, 0.15) is 24.7 Å². The van der Waals surface area contributed by atoms with Gasteiger partial charge in [0.2, 0.25) is 5.91 Å². The number of hydrogen-bond acceptors (Lipinski definition) is 7. The number of hydrogen-bond donors (Lipinski definition) is 2. The Balaban J connectivity index is 1.57. The van der Waals surface area contributed by atoms with Crippen LogP contribution in [0.4, 0.5) is 5.13 Å². The van der Waals surface area contributed by atoms with Crippen molar-refractivity contribution in [2.45, 2.75) is 26.2 Å². The van der Waals surface area contributed by atoms with E-state index in [1.54, 1.807) is 24.4 Å². The maximum Gasteiger partial charge on any atom is 0.311 e. The molecule has 1 aromatic carbocycles. The average molecular weight is 386 g/mol. The van der Waals surface area contributed by atoms with Crippen LogP contribution < -0.4 is 10.9 Å². The van der Waals surface area contributed by atoms with Gasteiger partial charge in [-0.1, -0.05) is 12.1 Å². The van der Waals surface area contributed by atoms with Crippen molar-refractivity contribution in [3.63, 3.8) is 0 Å². The molecule has 0 aliphatic carbocycles. The predicted octanol–water partition coefficient (Wildman–Crippen LogP) is 2.06. The van der Waals surface area contributed by atoms with Crippen molar-refractivity contribution in [3.05, 3.63) is 51.4 Å². The van der Waals surface area contributed by atoms with E-state index in [9.17, 15) is 14.4 Å². The first-order valence-electron chi connectivity index (χ1n) is 8.43. The number of aryl methyl sites for hydroxylation is 1. The molecule has 9 heteroatoms. The van der Waals surface area contributed by atoms with Gasteiger partial charge in [0.25, 0.3) is 5.56 Å². The average Bonchev–Trinajstić information content (AvgIpc) is 3.06. The lowest BCUT2D eigenvalue weighted by Crippen LogP contribution is -2.19. The van der Waals surface area contributed by atoms with Gasteiger partial charge >= 0.3 is 5.97 Å². The monoisotopic (exact) mass is 386 g/mol. The number of carbonyl (C=O) groups is 2. The van der Waals surface area contributed by atoms with Gasteiger partial charge in [0.05, 0.1) is 29.8 Å². The van der Waals surface area contributed by atoms with Crippen LogP contribution in [0.3, 0.4) is 0 Å². The van der Waals surface area contributed by atoms with E-state index in [2.05, 4.69) is 20.3 Å². The van der Waals surface area contributed by atoms with Crippen molar-refractivity contribution in [3.8, 4) is 0 Å². The lowest BCUT2D eigenvalue weighted by atomic mass is 10.2. The Morgan fingerprint density at radius 3 is 2.89 bits per heavy atom. The van der Waals surface area contributed by atoms with Crippen LogP contribution in [-0.2, 0) is 27.2 Å². The second-order valence-corrected chi connectivity index (χ2v) is 6.56. The molecule has 0 spiro atoms. The number of thiazole rings is 1. The minimum Gasteiger partial charge on any atom is -0.466 e. The summed E-state index contributed by atoms with van der Waals surface area (Å²) in [5, 5.41) is 4.77. The summed E-state index contributed by atoms with van der Waals surface area (Å²) in [4.78, 5) is 46.9. The molecule has 3 rings (SSSR count). The van der Waals surface area contributed by atoms with Crippen LogP contribution >= 0.6 is 11.3 Å². The fourth-order valence-electron chi connectivity index (χ4n) is 2.46. The third-order valence-electron chi connectivity index (χ3n) is 3.69. The zero-order valence-electron chi connectivity index (χ0n) is 14.7. The smallest absolute Gasteiger partial charge is 0.311 e. The molecule has 3 aromatic rings. The number of nitrogens with zero attached hydrogens (tertiary/aromatic N) is 2. The molecule has 0 saturated heterocycles. The largest absolute Gasteiger partial charge is 0.466 e. The first kappa shape index (κ1) is 18.7. The number of anilines is 1. The highest BCUT2D eigenvalue weighted by molar-refractivity contribution is 7.13. The number of rotatable bonds is 7. The van der Waals surface area contributed by atoms with Crippen LogP contribution in [0.5, 0.6) is 0 Å². The van der Waals surface area contributed by atoms with Crippen molar-refractivity contribution in [2.75, 3.05) is 11.9 Å². The number of para-hydroxylation sites is 2. The quantitative estimate of drug-likeness (QED) is 0.601. The number of amides is 1. The van der Waals surface area contributed by atoms with Gasteiger partial charge in [-0.05, 0) is 19.1 Å². The van der Waals surface area contributed by atoms with Crippen LogP contribution in [0.15, 0.2) is 34.4 Å². The summed E-state index contributed by atoms with van der Waals surface area (Å²) in [7, 11) is 0. The molecule has 0 unspecified atom stereocenters. The third-order valence-corrected chi connectivity index (χ3v) is 4.49. The van der Waals surface area contributed by atoms with Gasteiger partial charge < -0.3 is 15.0 Å². The Labute approximate surface area is 158 Å². The van der Waals surface area contributed by atoms with Crippen molar-refractivity contribution in [1.82, 2.24) is 15.0 Å². The number of H-pyrrole nitrogens is 1. The summed E-state index contributed by atoms with van der Waals surface area (Å²) < 4.78 is 4.86. The molecule has 27 heavy (non-hydrogen) atoms. The molecule has 0 fully saturated rings. The highest BCUT2D eigenvalue weighted by Crippen LogP contribution is 2.16. The number of aromatic nitrogens is 3. The predicted molar refractivity (Wildman–Crippen MR) is 102 cm³/mol. The molecule has 0 atom stereocenters. The topological polar surface area (TPSA) is 114 Å². The summed E-state index contributed by atoms with van der Waals surface area (Å²) >= 11 is 1.23. The Hall–Kier alpha value is -3.07. The van der Waals surface area contributed by atoms with Crippen molar-refractivity contribution in [2.24, 2.45) is 0 Å². The van der Waals surface area contributed by atoms with Crippen LogP contribution in [0.25, 0.3) is 11.0 Å². The van der Waals surface area contributed by atoms with Gasteiger partial charge in [-0.3, -0.25) is 14.4 Å². The van der Waals surface area contributed by atoms with E-state index in [0.29, 0.717) is 34.2 Å². The Kier molecular flexibility index (Phi) is 5.92. The zero-order valence-corrected chi connectivity index (χ0v) is 15.5. The highest BCUT2D eigenvalue weighted by atomic mass is 32.1. The Morgan fingerprint density at radius 2 is 2.07 bits per heavy atom. The maximum atomic E-state index is 12.1. The summed E-state index contributed by atoms with van der Waals surface area (Å²) in [5.41, 5.74) is 1.89. The van der Waals surface area contributed by atoms with Gasteiger partial charge in [0.15, 0.2) is 5.13 Å². The molecule has 0 bridgehead atoms. The molecule has 0 aliphatic rings. The van der Waals surface area contributed by atoms with E-state index in [-0.39, 0.29) is 36.7 Å². The molecule has 140 valence electrons. The van der Waals surface area contributed by atoms with Gasteiger partial charge in [0, 0.05) is 18.2 Å². The van der Waals surface area contributed by atoms with Crippen molar-refractivity contribution >= 4 is 39.4 Å². The van der Waals surface area contributed by atoms with E-state index in [1.165, 1.54) is 11.3 Å². The molecule has 0 saturated carbocycles. The summed E-state index contributed by atoms with van der Waals surface area (Å²) in [6.07, 6.45) is 0.380. The normalized spacial score (nSPS) is 10.7. The first-order valence-corrected chi connectivity index (χ1v) is 9.31. The number of nitrogens with one attached hydrogen (secondary N) is 2. The number of carbonyl (C=O) groups excluding carboxylic acids is 2. The standard InChI is InChI=1S/C18H18N4O4S/c1-2-26-16(24)9-11-10-27-18(19-11)22-15(23)8-7-14-17(25)21-13-6-4-3-5-12(13)20-14/h3-6,10H,2,7-9H2,1H3,(H,21,25)(H,19,22,23). The third kappa shape index (κ3) is 4.98. The minimum absolute atomic E-state index is 0.0661. The minimum atomic E-state index is -0.359. The van der Waals surface area contributed by atoms with Gasteiger partial charge in [-0.2, -0.15) is 0 Å². The first-order chi connectivity index (χ1) is 13.0. The lowest BCUT2D eigenvalue weighted by molar-refractivity contribution is -0.142. The van der Waals surface area contributed by atoms with Crippen LogP contribution in [0.2, 0.25) is 0 Å². The molecule has 1 amide bonds. The van der Waals surface area contributed by atoms with Gasteiger partial charge in [0.1, 0.15) is 5.69 Å². The Bertz CT molecular complexity index is 1030. The van der Waals surface area contributed by atoms with E-state index in [0.717, 1.165) is 0 Å². The Morgan fingerprint density at radius 1 is 1.26 bits per heavy atom. The van der Waals surface area contributed by atoms with E-state index >= 15 is 0 Å². The van der Waals surface area contributed by atoms with Gasteiger partial charge in [-0.25, -0.2) is 9.97 Å². The van der Waals surface area contributed by atoms with Crippen LogP contribution in [-0.4, -0.2) is 33.4 Å². The van der Waals surface area contributed by atoms with Crippen LogP contribution in [0, 0.1) is 0 Å². The van der Waals surface area contributed by atoms with Gasteiger partial charge in [-0.15, -0.1) is 11.3 Å². The van der Waals surface area contributed by atoms with Crippen molar-refractivity contribution in [1.29, 1.82) is 0 Å². The molecule has 2 heterocycles. The van der Waals surface area contributed by atoms with E-state index in [1.807, 2.05) is 12.1 Å². The van der Waals surface area contributed by atoms with E-state index < -0.39 is 0 Å². The zero-order chi connectivity index (χ0) is 19.2. The second kappa shape index (κ2) is 8.54. The molecule has 2 N–H and O–H groups in total. The summed E-state index contributed by atoms with van der Waals surface area (Å²) in [6, 6.07) is 7.23. The number of fused-ring (bicyclic) bond motifs is 1. The number of esters is 1. The second-order valence-electron chi connectivity index (χ2n) is 5.70. The number of benzene rings is 1. The summed E-state index contributed by atoms with van der Waals surface area (Å²) in [6.45, 7) is 2.05. The van der Waals surface area contributed by atoms with Crippen molar-refractivity contribution < 1.29 is 14.3 Å². The molecular weight excluding hydrogens is 368 g/mol. The maximum absolute atomic E-state index is 12.1. The SMILES string of the molecule is CCOC(=O)Cc1csc(NC(=O)CCc2nc3ccccc3[nH]c2=O)n1. The number of aromatic amines is 1. The highest BCUT2D eigenvalue weighted by Gasteiger charge is 2.12. The molecule has 8 nitrogen and oxygen atoms in total. The molecular formula is C18H18N4O4S.